The van der Waals surface area contributed by atoms with Crippen LogP contribution in [0.2, 0.25) is 0 Å². The summed E-state index contributed by atoms with van der Waals surface area (Å²) in [5.41, 5.74) is 0.989. The molecule has 1 amide bonds. The summed E-state index contributed by atoms with van der Waals surface area (Å²) in [6.45, 7) is 0.300. The Bertz CT molecular complexity index is 462. The van der Waals surface area contributed by atoms with Crippen molar-refractivity contribution in [3.8, 4) is 0 Å². The van der Waals surface area contributed by atoms with E-state index in [1.54, 1.807) is 0 Å². The first-order valence-electron chi connectivity index (χ1n) is 7.87. The van der Waals surface area contributed by atoms with Crippen LogP contribution >= 0.6 is 0 Å². The number of carbonyl (C=O) groups excluding carboxylic acids is 1. The summed E-state index contributed by atoms with van der Waals surface area (Å²) >= 11 is 0. The second-order valence-electron chi connectivity index (χ2n) is 6.32. The monoisotopic (exact) mass is 289 g/mol. The molecule has 114 valence electrons. The zero-order valence-corrected chi connectivity index (χ0v) is 12.2. The number of nitrogens with one attached hydrogen (secondary N) is 1. The van der Waals surface area contributed by atoms with Crippen molar-refractivity contribution in [1.82, 2.24) is 5.32 Å². The Morgan fingerprint density at radius 3 is 2.52 bits per heavy atom. The molecule has 2 saturated carbocycles. The van der Waals surface area contributed by atoms with Crippen LogP contribution in [0.1, 0.15) is 37.7 Å². The number of carbonyl (C=O) groups is 1. The first-order valence-corrected chi connectivity index (χ1v) is 7.87. The molecule has 0 spiro atoms. The van der Waals surface area contributed by atoms with E-state index in [-0.39, 0.29) is 18.2 Å². The number of rotatable bonds is 3. The van der Waals surface area contributed by atoms with E-state index in [2.05, 4.69) is 5.32 Å². The van der Waals surface area contributed by atoms with Gasteiger partial charge >= 0.3 is 6.09 Å². The largest absolute Gasteiger partial charge is 0.445 e. The van der Waals surface area contributed by atoms with Crippen LogP contribution in [0, 0.1) is 11.8 Å². The minimum Gasteiger partial charge on any atom is -0.445 e. The third-order valence-corrected chi connectivity index (χ3v) is 4.83. The number of hydrogen-bond donors (Lipinski definition) is 2. The van der Waals surface area contributed by atoms with Gasteiger partial charge in [0.15, 0.2) is 0 Å². The number of aliphatic hydroxyl groups excluding tert-OH is 1. The maximum absolute atomic E-state index is 11.9. The Labute approximate surface area is 125 Å². The average Bonchev–Trinajstić information content (AvgIpc) is 2.47. The predicted molar refractivity (Wildman–Crippen MR) is 79.6 cm³/mol. The fourth-order valence-corrected chi connectivity index (χ4v) is 3.76. The van der Waals surface area contributed by atoms with Gasteiger partial charge in [0.1, 0.15) is 6.61 Å². The number of hydrogen-bond acceptors (Lipinski definition) is 3. The van der Waals surface area contributed by atoms with Crippen molar-refractivity contribution in [2.45, 2.75) is 50.9 Å². The van der Waals surface area contributed by atoms with Crippen LogP contribution in [-0.2, 0) is 11.3 Å². The van der Waals surface area contributed by atoms with E-state index >= 15 is 0 Å². The van der Waals surface area contributed by atoms with Crippen LogP contribution in [0.5, 0.6) is 0 Å². The maximum Gasteiger partial charge on any atom is 0.407 e. The average molecular weight is 289 g/mol. The summed E-state index contributed by atoms with van der Waals surface area (Å²) in [4.78, 5) is 11.9. The molecule has 1 unspecified atom stereocenters. The number of aliphatic hydroxyl groups is 1. The lowest BCUT2D eigenvalue weighted by Gasteiger charge is -2.43. The Hall–Kier alpha value is -1.55. The van der Waals surface area contributed by atoms with Gasteiger partial charge in [-0.15, -0.1) is 0 Å². The van der Waals surface area contributed by atoms with E-state index in [4.69, 9.17) is 4.74 Å². The van der Waals surface area contributed by atoms with Crippen molar-refractivity contribution in [2.75, 3.05) is 0 Å². The molecule has 0 aliphatic heterocycles. The fourth-order valence-electron chi connectivity index (χ4n) is 3.76. The van der Waals surface area contributed by atoms with Crippen LogP contribution < -0.4 is 5.32 Å². The van der Waals surface area contributed by atoms with E-state index in [1.807, 2.05) is 30.3 Å². The zero-order chi connectivity index (χ0) is 14.7. The van der Waals surface area contributed by atoms with Crippen molar-refractivity contribution in [1.29, 1.82) is 0 Å². The highest BCUT2D eigenvalue weighted by Crippen LogP contribution is 2.40. The van der Waals surface area contributed by atoms with Crippen molar-refractivity contribution in [2.24, 2.45) is 11.8 Å². The zero-order valence-electron chi connectivity index (χ0n) is 12.2. The number of fused-ring (bicyclic) bond motifs is 2. The molecular formula is C17H23NO3. The molecule has 2 aliphatic carbocycles. The van der Waals surface area contributed by atoms with Crippen molar-refractivity contribution in [3.05, 3.63) is 35.9 Å². The lowest BCUT2D eigenvalue weighted by Crippen LogP contribution is -2.48. The van der Waals surface area contributed by atoms with Gasteiger partial charge in [0.05, 0.1) is 6.10 Å². The van der Waals surface area contributed by atoms with Crippen LogP contribution in [-0.4, -0.2) is 23.3 Å². The quantitative estimate of drug-likeness (QED) is 0.899. The van der Waals surface area contributed by atoms with Gasteiger partial charge in [-0.25, -0.2) is 4.79 Å². The molecule has 21 heavy (non-hydrogen) atoms. The van der Waals surface area contributed by atoms with Gasteiger partial charge < -0.3 is 15.2 Å². The minimum atomic E-state index is -0.349. The van der Waals surface area contributed by atoms with E-state index in [1.165, 1.54) is 6.42 Å². The molecular weight excluding hydrogens is 266 g/mol. The van der Waals surface area contributed by atoms with Crippen LogP contribution in [0.15, 0.2) is 30.3 Å². The van der Waals surface area contributed by atoms with E-state index in [9.17, 15) is 9.90 Å². The first-order chi connectivity index (χ1) is 10.2. The number of amides is 1. The summed E-state index contributed by atoms with van der Waals surface area (Å²) in [6, 6.07) is 9.83. The molecule has 4 nitrogen and oxygen atoms in total. The Morgan fingerprint density at radius 2 is 1.86 bits per heavy atom. The molecule has 0 radical (unpaired) electrons. The molecule has 2 N–H and O–H groups in total. The molecule has 3 rings (SSSR count). The van der Waals surface area contributed by atoms with Gasteiger partial charge in [0.25, 0.3) is 0 Å². The molecule has 2 bridgehead atoms. The lowest BCUT2D eigenvalue weighted by atomic mass is 9.68. The molecule has 1 aromatic rings. The highest BCUT2D eigenvalue weighted by molar-refractivity contribution is 5.67. The van der Waals surface area contributed by atoms with Crippen molar-refractivity contribution >= 4 is 6.09 Å². The highest BCUT2D eigenvalue weighted by atomic mass is 16.5. The van der Waals surface area contributed by atoms with Crippen LogP contribution in [0.3, 0.4) is 0 Å². The third-order valence-electron chi connectivity index (χ3n) is 4.83. The summed E-state index contributed by atoms with van der Waals surface area (Å²) in [6.07, 6.45) is 4.59. The standard InChI is InChI=1S/C17H23NO3/c19-16-13-7-4-8-14(16)10-15(9-13)18-17(20)21-11-12-5-2-1-3-6-12/h1-3,5-6,13-16,19H,4,7-11H2,(H,18,20)/t13-,14+,15-,16?. The molecule has 4 heteroatoms. The van der Waals surface area contributed by atoms with Gasteiger partial charge in [-0.3, -0.25) is 0 Å². The van der Waals surface area contributed by atoms with E-state index < -0.39 is 0 Å². The molecule has 1 aromatic carbocycles. The SMILES string of the molecule is O=C(N[C@@H]1C[C@H]2CCC[C@@H](C1)C2O)OCc1ccccc1. The Kier molecular flexibility index (Phi) is 4.44. The number of benzene rings is 1. The molecule has 0 aromatic heterocycles. The number of ether oxygens (including phenoxy) is 1. The second kappa shape index (κ2) is 6.48. The normalized spacial score (nSPS) is 31.5. The molecule has 0 heterocycles. The third kappa shape index (κ3) is 3.56. The topological polar surface area (TPSA) is 58.6 Å². The van der Waals surface area contributed by atoms with Gasteiger partial charge in [-0.05, 0) is 43.1 Å². The summed E-state index contributed by atoms with van der Waals surface area (Å²) < 4.78 is 5.27. The van der Waals surface area contributed by atoms with Crippen LogP contribution in [0.25, 0.3) is 0 Å². The Balaban J connectivity index is 1.47. The molecule has 2 fully saturated rings. The van der Waals surface area contributed by atoms with Crippen LogP contribution in [0.4, 0.5) is 4.79 Å². The Morgan fingerprint density at radius 1 is 1.19 bits per heavy atom. The first kappa shape index (κ1) is 14.4. The molecule has 0 saturated heterocycles. The maximum atomic E-state index is 11.9. The summed E-state index contributed by atoms with van der Waals surface area (Å²) in [5, 5.41) is 13.1. The second-order valence-corrected chi connectivity index (χ2v) is 6.32. The van der Waals surface area contributed by atoms with Gasteiger partial charge in [-0.1, -0.05) is 36.8 Å². The van der Waals surface area contributed by atoms with Gasteiger partial charge in [0, 0.05) is 6.04 Å². The van der Waals surface area contributed by atoms with Gasteiger partial charge in [0.2, 0.25) is 0 Å². The van der Waals surface area contributed by atoms with Crippen molar-refractivity contribution in [3.63, 3.8) is 0 Å². The van der Waals surface area contributed by atoms with Crippen molar-refractivity contribution < 1.29 is 14.6 Å². The number of alkyl carbamates (subject to hydrolysis) is 1. The molecule has 4 atom stereocenters. The summed E-state index contributed by atoms with van der Waals surface area (Å²) in [7, 11) is 0. The summed E-state index contributed by atoms with van der Waals surface area (Å²) in [5.74, 6) is 0.689. The van der Waals surface area contributed by atoms with E-state index in [0.29, 0.717) is 18.4 Å². The van der Waals surface area contributed by atoms with E-state index in [0.717, 1.165) is 31.2 Å². The predicted octanol–water partition coefficient (Wildman–Crippen LogP) is 2.85. The van der Waals surface area contributed by atoms with Gasteiger partial charge in [-0.2, -0.15) is 0 Å². The highest BCUT2D eigenvalue weighted by Gasteiger charge is 2.39. The fraction of sp³-hybridized carbons (Fsp3) is 0.588. The lowest BCUT2D eigenvalue weighted by molar-refractivity contribution is -0.0251. The smallest absolute Gasteiger partial charge is 0.407 e. The molecule has 2 aliphatic rings. The minimum absolute atomic E-state index is 0.145.